The highest BCUT2D eigenvalue weighted by atomic mass is 32.1. The first-order valence-electron chi connectivity index (χ1n) is 6.95. The van der Waals surface area contributed by atoms with Crippen LogP contribution in [-0.2, 0) is 11.2 Å². The predicted molar refractivity (Wildman–Crippen MR) is 82.4 cm³/mol. The highest BCUT2D eigenvalue weighted by Crippen LogP contribution is 2.35. The Hall–Kier alpha value is -1.27. The van der Waals surface area contributed by atoms with Gasteiger partial charge in [-0.2, -0.15) is 11.3 Å². The summed E-state index contributed by atoms with van der Waals surface area (Å²) in [5.74, 6) is 0.526. The molecule has 0 aromatic carbocycles. The zero-order chi connectivity index (χ0) is 13.8. The van der Waals surface area contributed by atoms with Gasteiger partial charge in [0.05, 0.1) is 6.42 Å². The average Bonchev–Trinajstić information content (AvgIpc) is 3.11. The maximum absolute atomic E-state index is 11.9. The van der Waals surface area contributed by atoms with Crippen molar-refractivity contribution in [3.63, 3.8) is 0 Å². The summed E-state index contributed by atoms with van der Waals surface area (Å²) in [6.45, 7) is 0. The van der Waals surface area contributed by atoms with Crippen molar-refractivity contribution in [2.24, 2.45) is 0 Å². The number of carbonyl (C=O) groups is 1. The van der Waals surface area contributed by atoms with Gasteiger partial charge in [-0.3, -0.25) is 4.79 Å². The molecule has 0 unspecified atom stereocenters. The van der Waals surface area contributed by atoms with Gasteiger partial charge in [0.15, 0.2) is 0 Å². The van der Waals surface area contributed by atoms with Crippen molar-refractivity contribution in [1.82, 2.24) is 10.2 Å². The molecule has 2 aromatic rings. The van der Waals surface area contributed by atoms with E-state index in [0.717, 1.165) is 10.6 Å². The molecule has 6 heteroatoms. The number of nitrogens with zero attached hydrogens (tertiary/aromatic N) is 2. The van der Waals surface area contributed by atoms with Crippen LogP contribution in [0.15, 0.2) is 16.8 Å². The summed E-state index contributed by atoms with van der Waals surface area (Å²) in [6, 6.07) is 1.97. The van der Waals surface area contributed by atoms with E-state index in [4.69, 9.17) is 0 Å². The van der Waals surface area contributed by atoms with Crippen LogP contribution in [0.5, 0.6) is 0 Å². The van der Waals surface area contributed by atoms with Gasteiger partial charge in [-0.15, -0.1) is 10.2 Å². The van der Waals surface area contributed by atoms with Crippen molar-refractivity contribution in [3.8, 4) is 0 Å². The molecular formula is C14H17N3OS2. The number of nitrogens with one attached hydrogen (secondary N) is 1. The topological polar surface area (TPSA) is 54.9 Å². The Morgan fingerprint density at radius 2 is 2.15 bits per heavy atom. The molecule has 2 heterocycles. The molecule has 1 amide bonds. The maximum Gasteiger partial charge on any atom is 0.230 e. The van der Waals surface area contributed by atoms with Gasteiger partial charge in [-0.1, -0.05) is 30.6 Å². The van der Waals surface area contributed by atoms with E-state index in [0.29, 0.717) is 17.5 Å². The van der Waals surface area contributed by atoms with Gasteiger partial charge in [-0.25, -0.2) is 0 Å². The minimum atomic E-state index is -0.0188. The number of amides is 1. The third-order valence-electron chi connectivity index (χ3n) is 3.59. The molecule has 0 spiro atoms. The summed E-state index contributed by atoms with van der Waals surface area (Å²) in [5, 5.41) is 16.9. The summed E-state index contributed by atoms with van der Waals surface area (Å²) in [4.78, 5) is 11.9. The van der Waals surface area contributed by atoms with Crippen molar-refractivity contribution in [1.29, 1.82) is 0 Å². The fourth-order valence-corrected chi connectivity index (χ4v) is 4.14. The van der Waals surface area contributed by atoms with E-state index in [1.807, 2.05) is 16.8 Å². The quantitative estimate of drug-likeness (QED) is 0.934. The number of hydrogen-bond donors (Lipinski definition) is 1. The van der Waals surface area contributed by atoms with Crippen molar-refractivity contribution in [3.05, 3.63) is 27.4 Å². The lowest BCUT2D eigenvalue weighted by atomic mass is 9.90. The Kier molecular flexibility index (Phi) is 4.42. The number of rotatable bonds is 4. The number of thiophene rings is 1. The van der Waals surface area contributed by atoms with Crippen molar-refractivity contribution in [2.45, 2.75) is 44.4 Å². The number of hydrogen-bond acceptors (Lipinski definition) is 5. The molecule has 20 heavy (non-hydrogen) atoms. The zero-order valence-electron chi connectivity index (χ0n) is 11.2. The van der Waals surface area contributed by atoms with Crippen LogP contribution in [0.3, 0.4) is 0 Å². The first-order chi connectivity index (χ1) is 9.81. The fraction of sp³-hybridized carbons (Fsp3) is 0.500. The van der Waals surface area contributed by atoms with Crippen molar-refractivity contribution >= 4 is 33.7 Å². The summed E-state index contributed by atoms with van der Waals surface area (Å²) in [7, 11) is 0. The van der Waals surface area contributed by atoms with Crippen molar-refractivity contribution in [2.75, 3.05) is 5.32 Å². The van der Waals surface area contributed by atoms with Crippen LogP contribution in [0, 0.1) is 0 Å². The van der Waals surface area contributed by atoms with E-state index >= 15 is 0 Å². The van der Waals surface area contributed by atoms with Crippen LogP contribution in [-0.4, -0.2) is 16.1 Å². The molecule has 1 saturated carbocycles. The molecule has 0 atom stereocenters. The Morgan fingerprint density at radius 3 is 2.90 bits per heavy atom. The van der Waals surface area contributed by atoms with Gasteiger partial charge >= 0.3 is 0 Å². The Bertz CT molecular complexity index is 559. The summed E-state index contributed by atoms with van der Waals surface area (Å²) >= 11 is 3.13. The third-order valence-corrected chi connectivity index (χ3v) is 5.32. The number of aromatic nitrogens is 2. The van der Waals surface area contributed by atoms with Crippen LogP contribution < -0.4 is 5.32 Å². The second-order valence-corrected chi connectivity index (χ2v) is 6.93. The highest BCUT2D eigenvalue weighted by Gasteiger charge is 2.20. The Labute approximate surface area is 126 Å². The van der Waals surface area contributed by atoms with E-state index < -0.39 is 0 Å². The minimum absolute atomic E-state index is 0.0188. The molecule has 3 rings (SSSR count). The fourth-order valence-electron chi connectivity index (χ4n) is 2.54. The highest BCUT2D eigenvalue weighted by molar-refractivity contribution is 7.15. The SMILES string of the molecule is O=C(Cc1ccsc1)Nc1nnc(C2CCCCC2)s1. The molecule has 1 aliphatic carbocycles. The van der Waals surface area contributed by atoms with E-state index in [9.17, 15) is 4.79 Å². The normalized spacial score (nSPS) is 16.2. The van der Waals surface area contributed by atoms with Gasteiger partial charge in [0.2, 0.25) is 11.0 Å². The van der Waals surface area contributed by atoms with E-state index in [2.05, 4.69) is 15.5 Å². The number of anilines is 1. The smallest absolute Gasteiger partial charge is 0.230 e. The molecular weight excluding hydrogens is 290 g/mol. The van der Waals surface area contributed by atoms with Crippen molar-refractivity contribution < 1.29 is 4.79 Å². The van der Waals surface area contributed by atoms with E-state index in [1.54, 1.807) is 11.3 Å². The molecule has 0 aliphatic heterocycles. The second-order valence-electron chi connectivity index (χ2n) is 5.14. The molecule has 0 radical (unpaired) electrons. The summed E-state index contributed by atoms with van der Waals surface area (Å²) < 4.78 is 0. The number of carbonyl (C=O) groups excluding carboxylic acids is 1. The molecule has 4 nitrogen and oxygen atoms in total. The van der Waals surface area contributed by atoms with Crippen LogP contribution in [0.2, 0.25) is 0 Å². The van der Waals surface area contributed by atoms with Gasteiger partial charge < -0.3 is 5.32 Å². The third kappa shape index (κ3) is 3.43. The first kappa shape index (κ1) is 13.7. The lowest BCUT2D eigenvalue weighted by molar-refractivity contribution is -0.115. The molecule has 1 fully saturated rings. The van der Waals surface area contributed by atoms with Crippen LogP contribution in [0.25, 0.3) is 0 Å². The summed E-state index contributed by atoms with van der Waals surface area (Å²) in [5.41, 5.74) is 1.05. The van der Waals surface area contributed by atoms with Crippen LogP contribution >= 0.6 is 22.7 Å². The molecule has 2 aromatic heterocycles. The van der Waals surface area contributed by atoms with Crippen LogP contribution in [0.4, 0.5) is 5.13 Å². The zero-order valence-corrected chi connectivity index (χ0v) is 12.8. The minimum Gasteiger partial charge on any atom is -0.300 e. The Balaban J connectivity index is 1.57. The maximum atomic E-state index is 11.9. The molecule has 1 aliphatic rings. The van der Waals surface area contributed by atoms with Gasteiger partial charge in [0.25, 0.3) is 0 Å². The van der Waals surface area contributed by atoms with Gasteiger partial charge in [0.1, 0.15) is 5.01 Å². The van der Waals surface area contributed by atoms with E-state index in [-0.39, 0.29) is 5.91 Å². The molecule has 1 N–H and O–H groups in total. The first-order valence-corrected chi connectivity index (χ1v) is 8.71. The van der Waals surface area contributed by atoms with Crippen LogP contribution in [0.1, 0.15) is 48.6 Å². The lowest BCUT2D eigenvalue weighted by Gasteiger charge is -2.18. The van der Waals surface area contributed by atoms with Gasteiger partial charge in [0, 0.05) is 5.92 Å². The predicted octanol–water partition coefficient (Wildman–Crippen LogP) is 3.83. The molecule has 0 bridgehead atoms. The summed E-state index contributed by atoms with van der Waals surface area (Å²) in [6.07, 6.45) is 6.71. The monoisotopic (exact) mass is 307 g/mol. The average molecular weight is 307 g/mol. The Morgan fingerprint density at radius 1 is 1.30 bits per heavy atom. The molecule has 0 saturated heterocycles. The lowest BCUT2D eigenvalue weighted by Crippen LogP contribution is -2.13. The largest absolute Gasteiger partial charge is 0.300 e. The second kappa shape index (κ2) is 6.45. The molecule has 106 valence electrons. The van der Waals surface area contributed by atoms with Gasteiger partial charge in [-0.05, 0) is 35.2 Å². The van der Waals surface area contributed by atoms with E-state index in [1.165, 1.54) is 43.4 Å². The standard InChI is InChI=1S/C14H17N3OS2/c18-12(8-10-6-7-19-9-10)15-14-17-16-13(20-14)11-4-2-1-3-5-11/h6-7,9,11H,1-5,8H2,(H,15,17,18).